The Kier molecular flexibility index (Phi) is 4.74. The number of aliphatic carboxylic acids is 1. The lowest BCUT2D eigenvalue weighted by Crippen LogP contribution is -2.36. The van der Waals surface area contributed by atoms with Crippen molar-refractivity contribution in [2.75, 3.05) is 11.9 Å². The van der Waals surface area contributed by atoms with Crippen LogP contribution in [0.2, 0.25) is 0 Å². The summed E-state index contributed by atoms with van der Waals surface area (Å²) in [4.78, 5) is 22.4. The average Bonchev–Trinajstić information content (AvgIpc) is 2.89. The fourth-order valence-corrected chi connectivity index (χ4v) is 2.13. The Morgan fingerprint density at radius 2 is 2.19 bits per heavy atom. The van der Waals surface area contributed by atoms with Gasteiger partial charge in [0, 0.05) is 6.54 Å². The monoisotopic (exact) mass is 296 g/mol. The van der Waals surface area contributed by atoms with Crippen LogP contribution in [0.15, 0.2) is 18.2 Å². The number of anilines is 1. The molecule has 2 amide bonds. The number of carboxylic acid groups (broad SMARTS) is 1. The van der Waals surface area contributed by atoms with Crippen LogP contribution in [-0.4, -0.2) is 35.9 Å². The number of nitrogens with one attached hydrogen (secondary N) is 2. The molecule has 0 radical (unpaired) electrons. The molecule has 0 saturated carbocycles. The summed E-state index contributed by atoms with van der Waals surface area (Å²) in [6.07, 6.45) is -0.152. The fourth-order valence-electron chi connectivity index (χ4n) is 2.13. The number of hydrogen-bond acceptors (Lipinski definition) is 3. The lowest BCUT2D eigenvalue weighted by atomic mass is 10.2. The molecule has 1 aromatic rings. The molecule has 1 aromatic carbocycles. The number of carbonyl (C=O) groups is 2. The van der Waals surface area contributed by atoms with Gasteiger partial charge in [0.15, 0.2) is 6.10 Å². The first kappa shape index (κ1) is 15.2. The van der Waals surface area contributed by atoms with Gasteiger partial charge in [0.25, 0.3) is 0 Å². The van der Waals surface area contributed by atoms with E-state index in [1.165, 1.54) is 12.1 Å². The Balaban J connectivity index is 1.79. The molecule has 114 valence electrons. The standard InChI is InChI=1S/C14H17FN2O4/c1-8-2-4-11(10(15)6-8)17-14(20)16-7-9-3-5-12(21-9)13(18)19/h2,4,6,9,12H,3,5,7H2,1H3,(H,18,19)(H2,16,17,20). The predicted octanol–water partition coefficient (Wildman–Crippen LogP) is 1.89. The van der Waals surface area contributed by atoms with Crippen molar-refractivity contribution in [3.05, 3.63) is 29.6 Å². The van der Waals surface area contributed by atoms with Crippen LogP contribution < -0.4 is 10.6 Å². The molecular formula is C14H17FN2O4. The highest BCUT2D eigenvalue weighted by Gasteiger charge is 2.30. The van der Waals surface area contributed by atoms with Gasteiger partial charge < -0.3 is 20.5 Å². The summed E-state index contributed by atoms with van der Waals surface area (Å²) >= 11 is 0. The second kappa shape index (κ2) is 6.53. The topological polar surface area (TPSA) is 87.7 Å². The first-order valence-corrected chi connectivity index (χ1v) is 6.65. The Bertz CT molecular complexity index is 550. The molecule has 0 bridgehead atoms. The summed E-state index contributed by atoms with van der Waals surface area (Å²) < 4.78 is 18.8. The lowest BCUT2D eigenvalue weighted by Gasteiger charge is -2.13. The molecule has 2 atom stereocenters. The molecule has 1 aliphatic heterocycles. The maximum absolute atomic E-state index is 13.6. The van der Waals surface area contributed by atoms with Crippen molar-refractivity contribution in [2.24, 2.45) is 0 Å². The van der Waals surface area contributed by atoms with Gasteiger partial charge in [0.05, 0.1) is 11.8 Å². The SMILES string of the molecule is Cc1ccc(NC(=O)NCC2CCC(C(=O)O)O2)c(F)c1. The van der Waals surface area contributed by atoms with Crippen LogP contribution >= 0.6 is 0 Å². The second-order valence-corrected chi connectivity index (χ2v) is 4.98. The quantitative estimate of drug-likeness (QED) is 0.791. The molecule has 2 rings (SSSR count). The van der Waals surface area contributed by atoms with Gasteiger partial charge in [-0.3, -0.25) is 0 Å². The molecule has 6 nitrogen and oxygen atoms in total. The van der Waals surface area contributed by atoms with Crippen molar-refractivity contribution in [1.29, 1.82) is 0 Å². The summed E-state index contributed by atoms with van der Waals surface area (Å²) in [5.74, 6) is -1.50. The first-order valence-electron chi connectivity index (χ1n) is 6.65. The number of carboxylic acids is 1. The molecule has 1 heterocycles. The summed E-state index contributed by atoms with van der Waals surface area (Å²) in [6, 6.07) is 3.94. The van der Waals surface area contributed by atoms with E-state index in [0.29, 0.717) is 12.8 Å². The number of carbonyl (C=O) groups excluding carboxylic acids is 1. The van der Waals surface area contributed by atoms with E-state index in [1.807, 2.05) is 0 Å². The van der Waals surface area contributed by atoms with E-state index >= 15 is 0 Å². The average molecular weight is 296 g/mol. The molecular weight excluding hydrogens is 279 g/mol. The smallest absolute Gasteiger partial charge is 0.332 e. The van der Waals surface area contributed by atoms with Crippen LogP contribution in [-0.2, 0) is 9.53 Å². The Morgan fingerprint density at radius 3 is 2.81 bits per heavy atom. The van der Waals surface area contributed by atoms with E-state index < -0.39 is 23.9 Å². The number of amides is 2. The number of benzene rings is 1. The summed E-state index contributed by atoms with van der Waals surface area (Å²) in [7, 11) is 0. The van der Waals surface area contributed by atoms with Gasteiger partial charge in [-0.25, -0.2) is 14.0 Å². The van der Waals surface area contributed by atoms with Crippen molar-refractivity contribution in [3.8, 4) is 0 Å². The lowest BCUT2D eigenvalue weighted by molar-refractivity contribution is -0.149. The highest BCUT2D eigenvalue weighted by Crippen LogP contribution is 2.19. The molecule has 0 spiro atoms. The normalized spacial score (nSPS) is 21.0. The minimum atomic E-state index is -0.997. The van der Waals surface area contributed by atoms with Gasteiger partial charge in [-0.1, -0.05) is 6.07 Å². The van der Waals surface area contributed by atoms with Crippen LogP contribution in [0.25, 0.3) is 0 Å². The zero-order valence-corrected chi connectivity index (χ0v) is 11.6. The summed E-state index contributed by atoms with van der Waals surface area (Å²) in [5.41, 5.74) is 0.853. The minimum absolute atomic E-state index is 0.0915. The van der Waals surface area contributed by atoms with Crippen molar-refractivity contribution in [3.63, 3.8) is 0 Å². The number of ether oxygens (including phenoxy) is 1. The molecule has 1 fully saturated rings. The number of hydrogen-bond donors (Lipinski definition) is 3. The maximum atomic E-state index is 13.6. The maximum Gasteiger partial charge on any atom is 0.332 e. The highest BCUT2D eigenvalue weighted by molar-refractivity contribution is 5.89. The number of rotatable bonds is 4. The van der Waals surface area contributed by atoms with Gasteiger partial charge in [-0.05, 0) is 37.5 Å². The van der Waals surface area contributed by atoms with Crippen LogP contribution in [0, 0.1) is 12.7 Å². The molecule has 1 saturated heterocycles. The van der Waals surface area contributed by atoms with Gasteiger partial charge in [-0.15, -0.1) is 0 Å². The van der Waals surface area contributed by atoms with E-state index in [-0.39, 0.29) is 18.3 Å². The van der Waals surface area contributed by atoms with Crippen LogP contribution in [0.4, 0.5) is 14.9 Å². The summed E-state index contributed by atoms with van der Waals surface area (Å²) in [5, 5.41) is 13.7. The number of halogens is 1. The van der Waals surface area contributed by atoms with E-state index in [0.717, 1.165) is 5.56 Å². The molecule has 0 aliphatic carbocycles. The van der Waals surface area contributed by atoms with Crippen molar-refractivity contribution < 1.29 is 23.8 Å². The Hall–Kier alpha value is -2.15. The van der Waals surface area contributed by atoms with Crippen LogP contribution in [0.3, 0.4) is 0 Å². The van der Waals surface area contributed by atoms with Crippen molar-refractivity contribution >= 4 is 17.7 Å². The highest BCUT2D eigenvalue weighted by atomic mass is 19.1. The van der Waals surface area contributed by atoms with Crippen molar-refractivity contribution in [1.82, 2.24) is 5.32 Å². The first-order chi connectivity index (χ1) is 9.95. The van der Waals surface area contributed by atoms with E-state index in [1.54, 1.807) is 13.0 Å². The minimum Gasteiger partial charge on any atom is -0.479 e. The van der Waals surface area contributed by atoms with E-state index in [9.17, 15) is 14.0 Å². The zero-order chi connectivity index (χ0) is 15.4. The van der Waals surface area contributed by atoms with Gasteiger partial charge >= 0.3 is 12.0 Å². The Morgan fingerprint density at radius 1 is 1.43 bits per heavy atom. The van der Waals surface area contributed by atoms with E-state index in [4.69, 9.17) is 9.84 Å². The van der Waals surface area contributed by atoms with Gasteiger partial charge in [-0.2, -0.15) is 0 Å². The second-order valence-electron chi connectivity index (χ2n) is 4.98. The van der Waals surface area contributed by atoms with Crippen molar-refractivity contribution in [2.45, 2.75) is 32.0 Å². The third-order valence-electron chi connectivity index (χ3n) is 3.25. The molecule has 21 heavy (non-hydrogen) atoms. The van der Waals surface area contributed by atoms with Gasteiger partial charge in [0.2, 0.25) is 0 Å². The molecule has 1 aliphatic rings. The van der Waals surface area contributed by atoms with Gasteiger partial charge in [0.1, 0.15) is 5.82 Å². The molecule has 3 N–H and O–H groups in total. The Labute approximate surface area is 121 Å². The third kappa shape index (κ3) is 4.16. The molecule has 7 heteroatoms. The van der Waals surface area contributed by atoms with E-state index in [2.05, 4.69) is 10.6 Å². The number of aryl methyl sites for hydroxylation is 1. The zero-order valence-electron chi connectivity index (χ0n) is 11.6. The van der Waals surface area contributed by atoms with Crippen LogP contribution in [0.1, 0.15) is 18.4 Å². The molecule has 2 unspecified atom stereocenters. The largest absolute Gasteiger partial charge is 0.479 e. The fraction of sp³-hybridized carbons (Fsp3) is 0.429. The predicted molar refractivity (Wildman–Crippen MR) is 73.7 cm³/mol. The third-order valence-corrected chi connectivity index (χ3v) is 3.25. The summed E-state index contributed by atoms with van der Waals surface area (Å²) in [6.45, 7) is 1.94. The molecule has 0 aromatic heterocycles. The number of urea groups is 1. The van der Waals surface area contributed by atoms with Crippen LogP contribution in [0.5, 0.6) is 0 Å².